The Morgan fingerprint density at radius 3 is 2.53 bits per heavy atom. The van der Waals surface area contributed by atoms with Crippen LogP contribution >= 0.6 is 22.6 Å². The number of benzene rings is 1. The lowest BCUT2D eigenvalue weighted by Gasteiger charge is -2.34. The maximum Gasteiger partial charge on any atom is 0.258 e. The fourth-order valence-corrected chi connectivity index (χ4v) is 2.73. The summed E-state index contributed by atoms with van der Waals surface area (Å²) in [4.78, 5) is 1.87. The SMILES string of the molecule is FC(F)[C@@H](c1cccc(I)c1)N1CCNCC1. The minimum absolute atomic E-state index is 0.681. The van der Waals surface area contributed by atoms with Gasteiger partial charge in [-0.25, -0.2) is 8.78 Å². The molecule has 1 aromatic carbocycles. The monoisotopic (exact) mass is 352 g/mol. The van der Waals surface area contributed by atoms with E-state index in [1.54, 1.807) is 6.07 Å². The highest BCUT2D eigenvalue weighted by Gasteiger charge is 2.29. The molecule has 0 bridgehead atoms. The Bertz CT molecular complexity index is 367. The maximum atomic E-state index is 13.2. The third kappa shape index (κ3) is 3.35. The first-order chi connectivity index (χ1) is 8.18. The van der Waals surface area contributed by atoms with E-state index >= 15 is 0 Å². The minimum atomic E-state index is -2.34. The molecule has 1 saturated heterocycles. The summed E-state index contributed by atoms with van der Waals surface area (Å²) in [6, 6.07) is 6.63. The van der Waals surface area contributed by atoms with Crippen molar-refractivity contribution in [1.82, 2.24) is 10.2 Å². The van der Waals surface area contributed by atoms with E-state index in [1.165, 1.54) is 0 Å². The number of rotatable bonds is 3. The average molecular weight is 352 g/mol. The van der Waals surface area contributed by atoms with Crippen molar-refractivity contribution in [2.24, 2.45) is 0 Å². The molecule has 94 valence electrons. The summed E-state index contributed by atoms with van der Waals surface area (Å²) in [6.07, 6.45) is -2.34. The summed E-state index contributed by atoms with van der Waals surface area (Å²) in [7, 11) is 0. The number of hydrogen-bond donors (Lipinski definition) is 1. The molecule has 1 aliphatic rings. The van der Waals surface area contributed by atoms with Gasteiger partial charge >= 0.3 is 0 Å². The third-order valence-corrected chi connectivity index (χ3v) is 3.64. The van der Waals surface area contributed by atoms with Crippen LogP contribution in [0.15, 0.2) is 24.3 Å². The molecule has 2 rings (SSSR count). The summed E-state index contributed by atoms with van der Waals surface area (Å²) >= 11 is 2.16. The second-order valence-electron chi connectivity index (χ2n) is 4.12. The molecule has 2 nitrogen and oxygen atoms in total. The molecule has 0 spiro atoms. The summed E-state index contributed by atoms with van der Waals surface area (Å²) in [5.41, 5.74) is 0.716. The van der Waals surface area contributed by atoms with Crippen LogP contribution in [-0.2, 0) is 0 Å². The highest BCUT2D eigenvalue weighted by atomic mass is 127. The Labute approximate surface area is 114 Å². The largest absolute Gasteiger partial charge is 0.314 e. The van der Waals surface area contributed by atoms with Crippen molar-refractivity contribution in [3.8, 4) is 0 Å². The molecule has 1 atom stereocenters. The zero-order valence-corrected chi connectivity index (χ0v) is 11.5. The molecule has 0 saturated carbocycles. The van der Waals surface area contributed by atoms with Crippen molar-refractivity contribution in [3.05, 3.63) is 33.4 Å². The Balaban J connectivity index is 2.21. The molecule has 0 aromatic heterocycles. The first kappa shape index (κ1) is 13.2. The van der Waals surface area contributed by atoms with Crippen LogP contribution in [0.5, 0.6) is 0 Å². The summed E-state index contributed by atoms with van der Waals surface area (Å²) in [6.45, 7) is 2.93. The van der Waals surface area contributed by atoms with Crippen LogP contribution in [0.3, 0.4) is 0 Å². The van der Waals surface area contributed by atoms with Crippen molar-refractivity contribution < 1.29 is 8.78 Å². The smallest absolute Gasteiger partial charge is 0.258 e. The van der Waals surface area contributed by atoms with E-state index in [-0.39, 0.29) is 0 Å². The van der Waals surface area contributed by atoms with Gasteiger partial charge in [-0.1, -0.05) is 12.1 Å². The molecule has 0 amide bonds. The van der Waals surface area contributed by atoms with Crippen molar-refractivity contribution in [2.75, 3.05) is 26.2 Å². The summed E-state index contributed by atoms with van der Waals surface area (Å²) in [5.74, 6) is 0. The number of nitrogens with one attached hydrogen (secondary N) is 1. The molecule has 5 heteroatoms. The van der Waals surface area contributed by atoms with Crippen LogP contribution in [0, 0.1) is 3.57 Å². The van der Waals surface area contributed by atoms with Crippen molar-refractivity contribution >= 4 is 22.6 Å². The number of piperazine rings is 1. The lowest BCUT2D eigenvalue weighted by molar-refractivity contribution is 0.0181. The van der Waals surface area contributed by atoms with Crippen molar-refractivity contribution in [3.63, 3.8) is 0 Å². The Kier molecular flexibility index (Phi) is 4.69. The zero-order valence-electron chi connectivity index (χ0n) is 9.37. The van der Waals surface area contributed by atoms with Gasteiger partial charge in [0.2, 0.25) is 0 Å². The predicted molar refractivity (Wildman–Crippen MR) is 72.3 cm³/mol. The lowest BCUT2D eigenvalue weighted by Crippen LogP contribution is -2.46. The van der Waals surface area contributed by atoms with Gasteiger partial charge in [0.25, 0.3) is 6.43 Å². The first-order valence-corrected chi connectivity index (χ1v) is 6.75. The van der Waals surface area contributed by atoms with Gasteiger partial charge in [-0.3, -0.25) is 4.90 Å². The Hall–Kier alpha value is -0.270. The van der Waals surface area contributed by atoms with Crippen LogP contribution in [-0.4, -0.2) is 37.5 Å². The number of nitrogens with zero attached hydrogens (tertiary/aromatic N) is 1. The average Bonchev–Trinajstić information content (AvgIpc) is 2.30. The standard InChI is InChI=1S/C12H15F2IN2/c13-12(14)11(17-6-4-16-5-7-17)9-2-1-3-10(15)8-9/h1-3,8,11-12,16H,4-7H2/t11-/m1/s1. The zero-order chi connectivity index (χ0) is 12.3. The summed E-state index contributed by atoms with van der Waals surface area (Å²) < 4.78 is 27.5. The molecule has 1 aliphatic heterocycles. The number of hydrogen-bond acceptors (Lipinski definition) is 2. The highest BCUT2D eigenvalue weighted by molar-refractivity contribution is 14.1. The maximum absolute atomic E-state index is 13.2. The predicted octanol–water partition coefficient (Wildman–Crippen LogP) is 2.50. The molecule has 1 heterocycles. The van der Waals surface area contributed by atoms with Gasteiger partial charge in [-0.2, -0.15) is 0 Å². The normalized spacial score (nSPS) is 19.5. The molecule has 1 N–H and O–H groups in total. The van der Waals surface area contributed by atoms with Crippen LogP contribution in [0.4, 0.5) is 8.78 Å². The van der Waals surface area contributed by atoms with Crippen LogP contribution in [0.25, 0.3) is 0 Å². The second kappa shape index (κ2) is 6.06. The Morgan fingerprint density at radius 2 is 1.94 bits per heavy atom. The van der Waals surface area contributed by atoms with E-state index in [2.05, 4.69) is 27.9 Å². The topological polar surface area (TPSA) is 15.3 Å². The van der Waals surface area contributed by atoms with E-state index in [0.29, 0.717) is 18.7 Å². The van der Waals surface area contributed by atoms with Gasteiger partial charge in [-0.05, 0) is 40.3 Å². The second-order valence-corrected chi connectivity index (χ2v) is 5.37. The van der Waals surface area contributed by atoms with Gasteiger partial charge in [-0.15, -0.1) is 0 Å². The van der Waals surface area contributed by atoms with E-state index in [0.717, 1.165) is 16.7 Å². The van der Waals surface area contributed by atoms with Gasteiger partial charge in [0.1, 0.15) is 0 Å². The van der Waals surface area contributed by atoms with Gasteiger partial charge < -0.3 is 5.32 Å². The highest BCUT2D eigenvalue weighted by Crippen LogP contribution is 2.28. The molecule has 17 heavy (non-hydrogen) atoms. The van der Waals surface area contributed by atoms with Gasteiger partial charge in [0.15, 0.2) is 0 Å². The van der Waals surface area contributed by atoms with E-state index in [9.17, 15) is 8.78 Å². The minimum Gasteiger partial charge on any atom is -0.314 e. The van der Waals surface area contributed by atoms with E-state index in [1.807, 2.05) is 23.1 Å². The van der Waals surface area contributed by atoms with Crippen LogP contribution in [0.1, 0.15) is 11.6 Å². The van der Waals surface area contributed by atoms with Crippen LogP contribution < -0.4 is 5.32 Å². The molecule has 0 radical (unpaired) electrons. The quantitative estimate of drug-likeness (QED) is 0.841. The molecule has 1 aromatic rings. The van der Waals surface area contributed by atoms with Gasteiger partial charge in [0.05, 0.1) is 6.04 Å². The van der Waals surface area contributed by atoms with E-state index in [4.69, 9.17) is 0 Å². The Morgan fingerprint density at radius 1 is 1.24 bits per heavy atom. The lowest BCUT2D eigenvalue weighted by atomic mass is 10.1. The van der Waals surface area contributed by atoms with Crippen molar-refractivity contribution in [2.45, 2.75) is 12.5 Å². The fraction of sp³-hybridized carbons (Fsp3) is 0.500. The molecular weight excluding hydrogens is 337 g/mol. The number of halogens is 3. The van der Waals surface area contributed by atoms with Crippen molar-refractivity contribution in [1.29, 1.82) is 0 Å². The molecular formula is C12H15F2IN2. The van der Waals surface area contributed by atoms with E-state index < -0.39 is 12.5 Å². The number of alkyl halides is 2. The fourth-order valence-electron chi connectivity index (χ4n) is 2.17. The first-order valence-electron chi connectivity index (χ1n) is 5.67. The molecule has 1 fully saturated rings. The van der Waals surface area contributed by atoms with Gasteiger partial charge in [0, 0.05) is 29.7 Å². The molecule has 0 aliphatic carbocycles. The summed E-state index contributed by atoms with van der Waals surface area (Å²) in [5, 5.41) is 3.18. The van der Waals surface area contributed by atoms with Crippen LogP contribution in [0.2, 0.25) is 0 Å². The third-order valence-electron chi connectivity index (χ3n) is 2.97. The molecule has 0 unspecified atom stereocenters.